The van der Waals surface area contributed by atoms with Gasteiger partial charge >= 0.3 is 0 Å². The minimum absolute atomic E-state index is 0.104. The van der Waals surface area contributed by atoms with E-state index in [-0.39, 0.29) is 25.3 Å². The Morgan fingerprint density at radius 1 is 1.36 bits per heavy atom. The number of amides is 3. The molecule has 0 radical (unpaired) electrons. The molecule has 0 saturated carbocycles. The number of primary amides is 1. The predicted octanol–water partition coefficient (Wildman–Crippen LogP) is -0.810. The number of nitrogens with two attached hydrogens (primary N) is 1. The quantitative estimate of drug-likeness (QED) is 0.620. The van der Waals surface area contributed by atoms with E-state index in [2.05, 4.69) is 5.32 Å². The van der Waals surface area contributed by atoms with E-state index in [9.17, 15) is 19.5 Å². The number of methoxy groups -OCH3 is 1. The maximum absolute atomic E-state index is 12.5. The second-order valence-electron chi connectivity index (χ2n) is 6.09. The summed E-state index contributed by atoms with van der Waals surface area (Å²) in [4.78, 5) is 37.1. The zero-order chi connectivity index (χ0) is 18.6. The minimum atomic E-state index is -0.910. The van der Waals surface area contributed by atoms with Crippen molar-refractivity contribution in [1.82, 2.24) is 10.2 Å². The molecule has 25 heavy (non-hydrogen) atoms. The zero-order valence-corrected chi connectivity index (χ0v) is 14.3. The SMILES string of the molecule is COc1ccc(C[C@@H](NC(=O)[C@@H]2C[C@@H](O)CN2C(C)=O)C(N)=O)cc1. The second-order valence-corrected chi connectivity index (χ2v) is 6.09. The molecule has 0 aromatic heterocycles. The number of aliphatic hydroxyl groups is 1. The van der Waals surface area contributed by atoms with Crippen LogP contribution in [0.25, 0.3) is 0 Å². The minimum Gasteiger partial charge on any atom is -0.497 e. The third kappa shape index (κ3) is 4.69. The van der Waals surface area contributed by atoms with Crippen LogP contribution >= 0.6 is 0 Å². The number of carbonyl (C=O) groups is 3. The molecule has 4 N–H and O–H groups in total. The van der Waals surface area contributed by atoms with Crippen molar-refractivity contribution in [3.05, 3.63) is 29.8 Å². The van der Waals surface area contributed by atoms with Gasteiger partial charge in [-0.05, 0) is 17.7 Å². The van der Waals surface area contributed by atoms with Crippen LogP contribution in [0.2, 0.25) is 0 Å². The standard InChI is InChI=1S/C17H23N3O5/c1-10(21)20-9-12(22)8-15(20)17(24)19-14(16(18)23)7-11-3-5-13(25-2)6-4-11/h3-6,12,14-15,22H,7-9H2,1-2H3,(H2,18,23)(H,19,24)/t12-,14-,15+/m1/s1. The van der Waals surface area contributed by atoms with Gasteiger partial charge in [-0.2, -0.15) is 0 Å². The molecule has 1 aromatic carbocycles. The molecule has 1 heterocycles. The summed E-state index contributed by atoms with van der Waals surface area (Å²) < 4.78 is 5.08. The summed E-state index contributed by atoms with van der Waals surface area (Å²) in [6.45, 7) is 1.44. The number of benzene rings is 1. The monoisotopic (exact) mass is 349 g/mol. The summed E-state index contributed by atoms with van der Waals surface area (Å²) in [6.07, 6.45) is -0.395. The van der Waals surface area contributed by atoms with Crippen LogP contribution in [0.1, 0.15) is 18.9 Å². The van der Waals surface area contributed by atoms with Crippen LogP contribution in [0.4, 0.5) is 0 Å². The Morgan fingerprint density at radius 2 is 2.00 bits per heavy atom. The number of hydrogen-bond donors (Lipinski definition) is 3. The van der Waals surface area contributed by atoms with Crippen LogP contribution in [0.3, 0.4) is 0 Å². The fourth-order valence-electron chi connectivity index (χ4n) is 2.90. The number of nitrogens with one attached hydrogen (secondary N) is 1. The average Bonchev–Trinajstić information content (AvgIpc) is 2.97. The fraction of sp³-hybridized carbons (Fsp3) is 0.471. The van der Waals surface area contributed by atoms with Crippen LogP contribution in [0.5, 0.6) is 5.75 Å². The van der Waals surface area contributed by atoms with Crippen molar-refractivity contribution in [2.75, 3.05) is 13.7 Å². The summed E-state index contributed by atoms with van der Waals surface area (Å²) in [7, 11) is 1.55. The lowest BCUT2D eigenvalue weighted by Crippen LogP contribution is -2.52. The first-order valence-electron chi connectivity index (χ1n) is 7.99. The first-order chi connectivity index (χ1) is 11.8. The molecule has 0 spiro atoms. The second kappa shape index (κ2) is 7.98. The Morgan fingerprint density at radius 3 is 2.52 bits per heavy atom. The number of likely N-dealkylation sites (tertiary alicyclic amines) is 1. The number of ether oxygens (including phenoxy) is 1. The third-order valence-corrected chi connectivity index (χ3v) is 4.24. The van der Waals surface area contributed by atoms with E-state index in [0.29, 0.717) is 5.75 Å². The smallest absolute Gasteiger partial charge is 0.243 e. The summed E-state index contributed by atoms with van der Waals surface area (Å²) in [6, 6.07) is 5.35. The topological polar surface area (TPSA) is 122 Å². The Kier molecular flexibility index (Phi) is 5.97. The van der Waals surface area contributed by atoms with Crippen molar-refractivity contribution in [1.29, 1.82) is 0 Å². The van der Waals surface area contributed by atoms with Gasteiger partial charge in [0.05, 0.1) is 13.2 Å². The highest BCUT2D eigenvalue weighted by Crippen LogP contribution is 2.19. The molecule has 1 aliphatic rings. The lowest BCUT2D eigenvalue weighted by atomic mass is 10.0. The Labute approximate surface area is 145 Å². The summed E-state index contributed by atoms with van der Waals surface area (Å²) in [5.74, 6) is -0.788. The number of hydrogen-bond acceptors (Lipinski definition) is 5. The van der Waals surface area contributed by atoms with Crippen molar-refractivity contribution in [2.24, 2.45) is 5.73 Å². The van der Waals surface area contributed by atoms with Crippen LogP contribution in [-0.2, 0) is 20.8 Å². The molecule has 136 valence electrons. The molecular formula is C17H23N3O5. The summed E-state index contributed by atoms with van der Waals surface area (Å²) in [5.41, 5.74) is 6.21. The van der Waals surface area contributed by atoms with E-state index in [1.807, 2.05) is 0 Å². The van der Waals surface area contributed by atoms with E-state index in [4.69, 9.17) is 10.5 Å². The van der Waals surface area contributed by atoms with Crippen LogP contribution in [-0.4, -0.2) is 59.6 Å². The fourth-order valence-corrected chi connectivity index (χ4v) is 2.90. The first-order valence-corrected chi connectivity index (χ1v) is 7.99. The van der Waals surface area contributed by atoms with Gasteiger partial charge in [-0.25, -0.2) is 0 Å². The van der Waals surface area contributed by atoms with E-state index >= 15 is 0 Å². The van der Waals surface area contributed by atoms with Gasteiger partial charge in [0.15, 0.2) is 0 Å². The van der Waals surface area contributed by atoms with E-state index in [1.165, 1.54) is 11.8 Å². The molecule has 3 amide bonds. The van der Waals surface area contributed by atoms with Crippen LogP contribution in [0, 0.1) is 0 Å². The Balaban J connectivity index is 2.06. The maximum Gasteiger partial charge on any atom is 0.243 e. The van der Waals surface area contributed by atoms with Crippen molar-refractivity contribution in [2.45, 2.75) is 38.0 Å². The normalized spacial score (nSPS) is 20.8. The number of β-amino-alcohol motifs (C(OH)–C–C–N with tert-alkyl or cyclic N) is 1. The zero-order valence-electron chi connectivity index (χ0n) is 14.3. The molecular weight excluding hydrogens is 326 g/mol. The van der Waals surface area contributed by atoms with Crippen molar-refractivity contribution in [3.63, 3.8) is 0 Å². The molecule has 1 saturated heterocycles. The van der Waals surface area contributed by atoms with Crippen molar-refractivity contribution in [3.8, 4) is 5.75 Å². The molecule has 0 aliphatic carbocycles. The average molecular weight is 349 g/mol. The van der Waals surface area contributed by atoms with Crippen LogP contribution < -0.4 is 15.8 Å². The van der Waals surface area contributed by atoms with Gasteiger partial charge in [0.1, 0.15) is 17.8 Å². The summed E-state index contributed by atoms with van der Waals surface area (Å²) >= 11 is 0. The van der Waals surface area contributed by atoms with Gasteiger partial charge in [0, 0.05) is 26.3 Å². The number of aliphatic hydroxyl groups excluding tert-OH is 1. The number of nitrogens with zero attached hydrogens (tertiary/aromatic N) is 1. The molecule has 2 rings (SSSR count). The Bertz CT molecular complexity index is 646. The maximum atomic E-state index is 12.5. The predicted molar refractivity (Wildman–Crippen MR) is 89.6 cm³/mol. The third-order valence-electron chi connectivity index (χ3n) is 4.24. The highest BCUT2D eigenvalue weighted by Gasteiger charge is 2.38. The van der Waals surface area contributed by atoms with Gasteiger partial charge in [0.25, 0.3) is 0 Å². The highest BCUT2D eigenvalue weighted by atomic mass is 16.5. The largest absolute Gasteiger partial charge is 0.497 e. The molecule has 8 nitrogen and oxygen atoms in total. The van der Waals surface area contributed by atoms with E-state index in [0.717, 1.165) is 5.56 Å². The van der Waals surface area contributed by atoms with Gasteiger partial charge in [-0.3, -0.25) is 14.4 Å². The summed E-state index contributed by atoms with van der Waals surface area (Å²) in [5, 5.41) is 12.3. The van der Waals surface area contributed by atoms with E-state index < -0.39 is 30.0 Å². The van der Waals surface area contributed by atoms with Gasteiger partial charge < -0.3 is 25.8 Å². The Hall–Kier alpha value is -2.61. The van der Waals surface area contributed by atoms with Crippen molar-refractivity contribution >= 4 is 17.7 Å². The molecule has 1 aromatic rings. The molecule has 1 aliphatic heterocycles. The molecule has 0 bridgehead atoms. The number of carbonyl (C=O) groups excluding carboxylic acids is 3. The van der Waals surface area contributed by atoms with Gasteiger partial charge in [-0.1, -0.05) is 12.1 Å². The molecule has 1 fully saturated rings. The number of rotatable bonds is 6. The van der Waals surface area contributed by atoms with Crippen molar-refractivity contribution < 1.29 is 24.2 Å². The lowest BCUT2D eigenvalue weighted by Gasteiger charge is -2.24. The highest BCUT2D eigenvalue weighted by molar-refractivity contribution is 5.91. The van der Waals surface area contributed by atoms with Gasteiger partial charge in [0.2, 0.25) is 17.7 Å². The first kappa shape index (κ1) is 18.7. The lowest BCUT2D eigenvalue weighted by molar-refractivity contribution is -0.138. The molecule has 8 heteroatoms. The van der Waals surface area contributed by atoms with Crippen LogP contribution in [0.15, 0.2) is 24.3 Å². The van der Waals surface area contributed by atoms with Gasteiger partial charge in [-0.15, -0.1) is 0 Å². The molecule has 3 atom stereocenters. The molecule has 0 unspecified atom stereocenters. The van der Waals surface area contributed by atoms with E-state index in [1.54, 1.807) is 31.4 Å².